The second-order valence-corrected chi connectivity index (χ2v) is 5.58. The smallest absolute Gasteiger partial charge is 0.0789 e. The summed E-state index contributed by atoms with van der Waals surface area (Å²) in [6, 6.07) is 12.9. The van der Waals surface area contributed by atoms with Gasteiger partial charge in [-0.1, -0.05) is 53.6 Å². The lowest BCUT2D eigenvalue weighted by Crippen LogP contribution is -2.06. The summed E-state index contributed by atoms with van der Waals surface area (Å²) >= 11 is 12.2. The van der Waals surface area contributed by atoms with Crippen LogP contribution in [0.4, 0.5) is 5.69 Å². The van der Waals surface area contributed by atoms with Gasteiger partial charge in [0.25, 0.3) is 0 Å². The molecule has 0 aliphatic heterocycles. The van der Waals surface area contributed by atoms with Gasteiger partial charge < -0.3 is 5.73 Å². The molecule has 2 aromatic rings. The predicted octanol–water partition coefficient (Wildman–Crippen LogP) is 5.39. The molecule has 5 heteroatoms. The molecule has 0 unspecified atom stereocenters. The fraction of sp³-hybridized carbons (Fsp3) is 0. The molecule has 0 atom stereocenters. The maximum absolute atomic E-state index is 7.03. The van der Waals surface area contributed by atoms with Gasteiger partial charge in [-0.15, -0.1) is 0 Å². The lowest BCUT2D eigenvalue weighted by atomic mass is 10.1. The summed E-state index contributed by atoms with van der Waals surface area (Å²) in [4.78, 5) is 0. The first-order valence-corrected chi connectivity index (χ1v) is 7.57. The zero-order valence-corrected chi connectivity index (χ0v) is 13.7. The quantitative estimate of drug-likeness (QED) is 0.471. The molecule has 0 saturated heterocycles. The molecule has 3 rings (SSSR count). The van der Waals surface area contributed by atoms with Gasteiger partial charge in [0.15, 0.2) is 0 Å². The Morgan fingerprint density at radius 2 is 1.22 bits per heavy atom. The van der Waals surface area contributed by atoms with Crippen molar-refractivity contribution in [3.8, 4) is 11.1 Å². The minimum atomic E-state index is 0.285. The standard InChI is InChI=1S/C12H9Cl2N.C6H6N2/c13-10-2-1-3-11(14)12(10)8-4-6-9(15)7-5-8;7-5-3-1-2-4-6(5)8/h1-7H,15H2;1-4,7-8H. The second kappa shape index (κ2) is 7.77. The number of nitrogens with one attached hydrogen (secondary N) is 2. The first-order valence-electron chi connectivity index (χ1n) is 6.81. The number of anilines is 1. The molecular formula is C18H15Cl2N3. The Labute approximate surface area is 145 Å². The Morgan fingerprint density at radius 3 is 1.65 bits per heavy atom. The summed E-state index contributed by atoms with van der Waals surface area (Å²) in [7, 11) is 0. The summed E-state index contributed by atoms with van der Waals surface area (Å²) in [5, 5.41) is 15.4. The highest BCUT2D eigenvalue weighted by Gasteiger charge is 2.07. The van der Waals surface area contributed by atoms with Crippen LogP contribution in [0, 0.1) is 10.8 Å². The van der Waals surface area contributed by atoms with Crippen molar-refractivity contribution in [2.75, 3.05) is 5.73 Å². The van der Waals surface area contributed by atoms with Crippen molar-refractivity contribution < 1.29 is 0 Å². The molecule has 116 valence electrons. The molecule has 3 nitrogen and oxygen atoms in total. The molecule has 0 saturated carbocycles. The molecule has 0 spiro atoms. The molecule has 0 amide bonds. The van der Waals surface area contributed by atoms with Crippen LogP contribution in [-0.2, 0) is 0 Å². The number of nitrogens with two attached hydrogens (primary N) is 1. The molecule has 2 aromatic carbocycles. The van der Waals surface area contributed by atoms with Crippen LogP contribution in [0.1, 0.15) is 0 Å². The van der Waals surface area contributed by atoms with Gasteiger partial charge in [-0.25, -0.2) is 0 Å². The fourth-order valence-corrected chi connectivity index (χ4v) is 2.52. The van der Waals surface area contributed by atoms with Crippen molar-refractivity contribution in [2.24, 2.45) is 0 Å². The molecule has 4 N–H and O–H groups in total. The molecule has 0 bridgehead atoms. The van der Waals surface area contributed by atoms with Crippen LogP contribution in [0.15, 0.2) is 66.8 Å². The fourth-order valence-electron chi connectivity index (χ4n) is 1.91. The van der Waals surface area contributed by atoms with Gasteiger partial charge in [-0.3, -0.25) is 10.8 Å². The number of rotatable bonds is 1. The lowest BCUT2D eigenvalue weighted by Gasteiger charge is -2.06. The molecule has 0 heterocycles. The van der Waals surface area contributed by atoms with E-state index in [1.165, 1.54) is 0 Å². The third-order valence-electron chi connectivity index (χ3n) is 3.09. The zero-order valence-electron chi connectivity index (χ0n) is 12.2. The molecule has 1 aliphatic rings. The molecule has 1 aliphatic carbocycles. The van der Waals surface area contributed by atoms with Crippen LogP contribution in [0.5, 0.6) is 0 Å². The average molecular weight is 344 g/mol. The summed E-state index contributed by atoms with van der Waals surface area (Å²) in [6.45, 7) is 0. The number of allylic oxidation sites excluding steroid dienone is 4. The molecule has 0 radical (unpaired) electrons. The van der Waals surface area contributed by atoms with Crippen molar-refractivity contribution in [3.05, 3.63) is 76.8 Å². The Balaban J connectivity index is 0.000000203. The van der Waals surface area contributed by atoms with Gasteiger partial charge in [0.1, 0.15) is 0 Å². The Bertz CT molecular complexity index is 748. The number of hydrogen-bond acceptors (Lipinski definition) is 3. The largest absolute Gasteiger partial charge is 0.399 e. The summed E-state index contributed by atoms with van der Waals surface area (Å²) in [5.41, 5.74) is 8.73. The van der Waals surface area contributed by atoms with E-state index in [4.69, 9.17) is 39.8 Å². The number of nitrogen functional groups attached to an aromatic ring is 1. The van der Waals surface area contributed by atoms with E-state index in [1.807, 2.05) is 42.5 Å². The highest BCUT2D eigenvalue weighted by Crippen LogP contribution is 2.34. The minimum Gasteiger partial charge on any atom is -0.399 e. The minimum absolute atomic E-state index is 0.285. The Morgan fingerprint density at radius 1 is 0.739 bits per heavy atom. The lowest BCUT2D eigenvalue weighted by molar-refractivity contribution is 1.49. The van der Waals surface area contributed by atoms with Crippen LogP contribution in [0.25, 0.3) is 11.1 Å². The van der Waals surface area contributed by atoms with Crippen LogP contribution in [0.3, 0.4) is 0 Å². The van der Waals surface area contributed by atoms with E-state index in [1.54, 1.807) is 24.3 Å². The first kappa shape index (κ1) is 17.0. The van der Waals surface area contributed by atoms with Crippen molar-refractivity contribution >= 4 is 40.3 Å². The normalized spacial score (nSPS) is 12.8. The summed E-state index contributed by atoms with van der Waals surface area (Å²) < 4.78 is 0. The van der Waals surface area contributed by atoms with Crippen LogP contribution in [0.2, 0.25) is 10.0 Å². The number of benzene rings is 2. The van der Waals surface area contributed by atoms with E-state index < -0.39 is 0 Å². The SMILES string of the molecule is N=C1C=CC=CC1=N.Nc1ccc(-c2c(Cl)cccc2Cl)cc1. The van der Waals surface area contributed by atoms with E-state index in [2.05, 4.69) is 0 Å². The topological polar surface area (TPSA) is 73.7 Å². The van der Waals surface area contributed by atoms with E-state index in [-0.39, 0.29) is 11.4 Å². The van der Waals surface area contributed by atoms with Gasteiger partial charge in [0.05, 0.1) is 11.4 Å². The third kappa shape index (κ3) is 4.55. The monoisotopic (exact) mass is 343 g/mol. The van der Waals surface area contributed by atoms with Crippen molar-refractivity contribution in [1.82, 2.24) is 0 Å². The van der Waals surface area contributed by atoms with Crippen molar-refractivity contribution in [2.45, 2.75) is 0 Å². The number of hydrogen-bond donors (Lipinski definition) is 3. The maximum Gasteiger partial charge on any atom is 0.0789 e. The van der Waals surface area contributed by atoms with Gasteiger partial charge in [-0.2, -0.15) is 0 Å². The van der Waals surface area contributed by atoms with E-state index in [0.717, 1.165) is 16.8 Å². The van der Waals surface area contributed by atoms with Gasteiger partial charge >= 0.3 is 0 Å². The van der Waals surface area contributed by atoms with Gasteiger partial charge in [-0.05, 0) is 42.0 Å². The van der Waals surface area contributed by atoms with Gasteiger partial charge in [0, 0.05) is 21.3 Å². The Hall–Kier alpha value is -2.36. The second-order valence-electron chi connectivity index (χ2n) is 4.76. The average Bonchev–Trinajstić information content (AvgIpc) is 2.53. The molecule has 0 fully saturated rings. The molecular weight excluding hydrogens is 329 g/mol. The molecule has 23 heavy (non-hydrogen) atoms. The van der Waals surface area contributed by atoms with Crippen LogP contribution < -0.4 is 5.73 Å². The third-order valence-corrected chi connectivity index (χ3v) is 3.72. The van der Waals surface area contributed by atoms with Gasteiger partial charge in [0.2, 0.25) is 0 Å². The highest BCUT2D eigenvalue weighted by atomic mass is 35.5. The summed E-state index contributed by atoms with van der Waals surface area (Å²) in [5.74, 6) is 0. The maximum atomic E-state index is 7.03. The Kier molecular flexibility index (Phi) is 5.74. The van der Waals surface area contributed by atoms with E-state index in [0.29, 0.717) is 10.0 Å². The van der Waals surface area contributed by atoms with Crippen LogP contribution in [-0.4, -0.2) is 11.4 Å². The van der Waals surface area contributed by atoms with Crippen LogP contribution >= 0.6 is 23.2 Å². The first-order chi connectivity index (χ1) is 11.0. The van der Waals surface area contributed by atoms with E-state index in [9.17, 15) is 0 Å². The van der Waals surface area contributed by atoms with E-state index >= 15 is 0 Å². The van der Waals surface area contributed by atoms with Crippen molar-refractivity contribution in [1.29, 1.82) is 10.8 Å². The predicted molar refractivity (Wildman–Crippen MR) is 100 cm³/mol. The summed E-state index contributed by atoms with van der Waals surface area (Å²) in [6.07, 6.45) is 6.70. The molecule has 0 aromatic heterocycles. The van der Waals surface area contributed by atoms with Crippen molar-refractivity contribution in [3.63, 3.8) is 0 Å². The highest BCUT2D eigenvalue weighted by molar-refractivity contribution is 6.48. The zero-order chi connectivity index (χ0) is 16.8. The number of halogens is 2.